The first-order valence-corrected chi connectivity index (χ1v) is 11.5. The van der Waals surface area contributed by atoms with E-state index in [1.807, 2.05) is 13.8 Å². The molecule has 3 aliphatic rings. The number of ketones is 1. The number of fused-ring (bicyclic) bond motifs is 3. The van der Waals surface area contributed by atoms with E-state index < -0.39 is 11.0 Å². The highest BCUT2D eigenvalue weighted by Crippen LogP contribution is 2.46. The fourth-order valence-electron chi connectivity index (χ4n) is 5.97. The molecule has 1 aliphatic carbocycles. The summed E-state index contributed by atoms with van der Waals surface area (Å²) < 4.78 is 17.3. The molecule has 6 nitrogen and oxygen atoms in total. The van der Waals surface area contributed by atoms with Crippen LogP contribution in [0.4, 0.5) is 0 Å². The van der Waals surface area contributed by atoms with Crippen LogP contribution in [-0.2, 0) is 28.6 Å². The fourth-order valence-corrected chi connectivity index (χ4v) is 5.97. The highest BCUT2D eigenvalue weighted by atomic mass is 16.6. The fraction of sp³-hybridized carbons (Fsp3) is 0.875. The second-order valence-corrected chi connectivity index (χ2v) is 10.5. The monoisotopic (exact) mass is 422 g/mol. The number of rotatable bonds is 6. The number of carbonyl (C=O) groups is 3. The average molecular weight is 423 g/mol. The molecule has 1 saturated carbocycles. The molecule has 0 spiro atoms. The Morgan fingerprint density at radius 3 is 2.57 bits per heavy atom. The zero-order valence-corrected chi connectivity index (χ0v) is 19.2. The predicted molar refractivity (Wildman–Crippen MR) is 112 cm³/mol. The van der Waals surface area contributed by atoms with Crippen LogP contribution in [0.5, 0.6) is 0 Å². The van der Waals surface area contributed by atoms with Crippen molar-refractivity contribution in [3.05, 3.63) is 0 Å². The maximum Gasteiger partial charge on any atom is 0.309 e. The lowest BCUT2D eigenvalue weighted by atomic mass is 9.68. The van der Waals surface area contributed by atoms with Crippen molar-refractivity contribution < 1.29 is 28.6 Å². The number of ether oxygens (including phenoxy) is 3. The summed E-state index contributed by atoms with van der Waals surface area (Å²) in [5.74, 6) is -0.214. The molecule has 6 heteroatoms. The lowest BCUT2D eigenvalue weighted by molar-refractivity contribution is -0.175. The van der Waals surface area contributed by atoms with Crippen molar-refractivity contribution >= 4 is 17.7 Å². The third-order valence-electron chi connectivity index (χ3n) is 7.81. The standard InChI is InChI=1S/C24H38O6/c1-15-9-10-19(20(11-15)28-5)23(3,4)30-21(26)14-24(16(2)25)12-17-7-6-8-18(13-24)29-22(17)27/h15,17-20H,6-14H2,1-5H3. The predicted octanol–water partition coefficient (Wildman–Crippen LogP) is 4.23. The largest absolute Gasteiger partial charge is 0.462 e. The summed E-state index contributed by atoms with van der Waals surface area (Å²) in [6, 6.07) is 0. The Kier molecular flexibility index (Phi) is 6.95. The number of carbonyl (C=O) groups excluding carboxylic acids is 3. The molecule has 0 amide bonds. The molecule has 2 aliphatic heterocycles. The normalized spacial score (nSPS) is 37.1. The highest BCUT2D eigenvalue weighted by molar-refractivity contribution is 5.88. The third-order valence-corrected chi connectivity index (χ3v) is 7.81. The highest BCUT2D eigenvalue weighted by Gasteiger charge is 2.49. The topological polar surface area (TPSA) is 78.9 Å². The van der Waals surface area contributed by atoms with Crippen LogP contribution in [0.1, 0.15) is 85.5 Å². The van der Waals surface area contributed by atoms with Gasteiger partial charge >= 0.3 is 11.9 Å². The van der Waals surface area contributed by atoms with E-state index in [9.17, 15) is 14.4 Å². The summed E-state index contributed by atoms with van der Waals surface area (Å²) in [6.45, 7) is 7.66. The maximum atomic E-state index is 13.1. The van der Waals surface area contributed by atoms with Crippen LogP contribution in [0.3, 0.4) is 0 Å². The molecule has 2 bridgehead atoms. The van der Waals surface area contributed by atoms with Crippen molar-refractivity contribution in [2.75, 3.05) is 7.11 Å². The number of methoxy groups -OCH3 is 1. The van der Waals surface area contributed by atoms with Crippen molar-refractivity contribution in [2.24, 2.45) is 23.2 Å². The van der Waals surface area contributed by atoms with Crippen molar-refractivity contribution in [3.8, 4) is 0 Å². The molecule has 0 N–H and O–H groups in total. The Balaban J connectivity index is 1.74. The van der Waals surface area contributed by atoms with Crippen molar-refractivity contribution in [1.29, 1.82) is 0 Å². The van der Waals surface area contributed by atoms with Crippen LogP contribution >= 0.6 is 0 Å². The second-order valence-electron chi connectivity index (χ2n) is 10.5. The minimum atomic E-state index is -0.878. The average Bonchev–Trinajstić information content (AvgIpc) is 2.88. The number of hydrogen-bond acceptors (Lipinski definition) is 6. The van der Waals surface area contributed by atoms with E-state index in [0.29, 0.717) is 18.8 Å². The van der Waals surface area contributed by atoms with Gasteiger partial charge in [-0.3, -0.25) is 14.4 Å². The molecule has 2 heterocycles. The van der Waals surface area contributed by atoms with Gasteiger partial charge in [0.1, 0.15) is 17.5 Å². The molecule has 6 atom stereocenters. The van der Waals surface area contributed by atoms with E-state index in [1.54, 1.807) is 7.11 Å². The van der Waals surface area contributed by atoms with Gasteiger partial charge in [0.25, 0.3) is 0 Å². The van der Waals surface area contributed by atoms with Crippen LogP contribution in [0, 0.1) is 23.2 Å². The molecule has 0 aromatic rings. The van der Waals surface area contributed by atoms with E-state index in [1.165, 1.54) is 6.92 Å². The summed E-state index contributed by atoms with van der Waals surface area (Å²) in [5, 5.41) is 0. The molecular formula is C24H38O6. The van der Waals surface area contributed by atoms with Gasteiger partial charge in [-0.05, 0) is 71.6 Å². The van der Waals surface area contributed by atoms with E-state index in [0.717, 1.165) is 38.5 Å². The maximum absolute atomic E-state index is 13.1. The molecule has 0 aromatic carbocycles. The van der Waals surface area contributed by atoms with E-state index in [4.69, 9.17) is 14.2 Å². The zero-order chi connectivity index (χ0) is 22.1. The Hall–Kier alpha value is -1.43. The molecule has 0 aromatic heterocycles. The summed E-state index contributed by atoms with van der Waals surface area (Å²) in [6.07, 6.45) is 5.98. The Morgan fingerprint density at radius 1 is 1.17 bits per heavy atom. The minimum absolute atomic E-state index is 0.0101. The van der Waals surface area contributed by atoms with Crippen LogP contribution in [0.2, 0.25) is 0 Å². The Morgan fingerprint density at radius 2 is 1.90 bits per heavy atom. The first-order valence-electron chi connectivity index (χ1n) is 11.5. The van der Waals surface area contributed by atoms with Gasteiger partial charge in [-0.2, -0.15) is 0 Å². The van der Waals surface area contributed by atoms with Gasteiger partial charge in [0, 0.05) is 18.4 Å². The molecule has 3 fully saturated rings. The molecule has 30 heavy (non-hydrogen) atoms. The lowest BCUT2D eigenvalue weighted by Crippen LogP contribution is -2.47. The van der Waals surface area contributed by atoms with Crippen LogP contribution < -0.4 is 0 Å². The van der Waals surface area contributed by atoms with Gasteiger partial charge < -0.3 is 14.2 Å². The summed E-state index contributed by atoms with van der Waals surface area (Å²) in [7, 11) is 1.72. The Labute approximate surface area is 180 Å². The summed E-state index contributed by atoms with van der Waals surface area (Å²) >= 11 is 0. The van der Waals surface area contributed by atoms with Gasteiger partial charge in [0.15, 0.2) is 0 Å². The minimum Gasteiger partial charge on any atom is -0.462 e. The smallest absolute Gasteiger partial charge is 0.309 e. The summed E-state index contributed by atoms with van der Waals surface area (Å²) in [5.41, 5.74) is -1.56. The van der Waals surface area contributed by atoms with Gasteiger partial charge in [0.2, 0.25) is 0 Å². The lowest BCUT2D eigenvalue weighted by Gasteiger charge is -2.43. The van der Waals surface area contributed by atoms with Crippen LogP contribution in [0.25, 0.3) is 0 Å². The molecular weight excluding hydrogens is 384 g/mol. The molecule has 0 radical (unpaired) electrons. The van der Waals surface area contributed by atoms with Crippen molar-refractivity contribution in [2.45, 2.75) is 103 Å². The zero-order valence-electron chi connectivity index (χ0n) is 19.2. The number of esters is 2. The SMILES string of the molecule is COC1CC(C)CCC1C(C)(C)OC(=O)CC1(C(C)=O)CC2CCCC(C1)C(=O)O2. The molecule has 6 unspecified atom stereocenters. The van der Waals surface area contributed by atoms with Crippen LogP contribution in [-0.4, -0.2) is 42.6 Å². The quantitative estimate of drug-likeness (QED) is 0.596. The first kappa shape index (κ1) is 23.2. The van der Waals surface area contributed by atoms with Gasteiger partial charge in [-0.1, -0.05) is 13.3 Å². The molecule has 3 rings (SSSR count). The van der Waals surface area contributed by atoms with Crippen molar-refractivity contribution in [1.82, 2.24) is 0 Å². The van der Waals surface area contributed by atoms with Gasteiger partial charge in [0.05, 0.1) is 18.4 Å². The van der Waals surface area contributed by atoms with Crippen LogP contribution in [0.15, 0.2) is 0 Å². The summed E-state index contributed by atoms with van der Waals surface area (Å²) in [4.78, 5) is 38.2. The van der Waals surface area contributed by atoms with Crippen molar-refractivity contribution in [3.63, 3.8) is 0 Å². The number of hydrogen-bond donors (Lipinski definition) is 0. The third kappa shape index (κ3) is 4.90. The van der Waals surface area contributed by atoms with E-state index >= 15 is 0 Å². The molecule has 2 saturated heterocycles. The van der Waals surface area contributed by atoms with E-state index in [-0.39, 0.29) is 48.2 Å². The van der Waals surface area contributed by atoms with E-state index in [2.05, 4.69) is 6.92 Å². The molecule has 170 valence electrons. The number of Topliss-reactive ketones (excluding diaryl/α,β-unsaturated/α-hetero) is 1. The Bertz CT molecular complexity index is 671. The first-order chi connectivity index (χ1) is 14.1. The van der Waals surface area contributed by atoms with Gasteiger partial charge in [-0.15, -0.1) is 0 Å². The second kappa shape index (κ2) is 8.97. The van der Waals surface area contributed by atoms with Gasteiger partial charge in [-0.25, -0.2) is 0 Å².